The molecule has 180 valence electrons. The van der Waals surface area contributed by atoms with Crippen LogP contribution in [0.3, 0.4) is 0 Å². The monoisotopic (exact) mass is 511 g/mol. The van der Waals surface area contributed by atoms with Crippen LogP contribution >= 0.6 is 23.2 Å². The van der Waals surface area contributed by atoms with Crippen LogP contribution in [0, 0.1) is 0 Å². The van der Waals surface area contributed by atoms with Crippen molar-refractivity contribution in [3.05, 3.63) is 58.2 Å². The van der Waals surface area contributed by atoms with E-state index in [-0.39, 0.29) is 12.0 Å². The number of hydrogen-bond donors (Lipinski definition) is 2. The summed E-state index contributed by atoms with van der Waals surface area (Å²) in [7, 11) is 3.19. The topological polar surface area (TPSA) is 111 Å². The second-order valence-electron chi connectivity index (χ2n) is 8.02. The average Bonchev–Trinajstić information content (AvgIpc) is 2.87. The molecule has 0 spiro atoms. The number of fused-ring (bicyclic) bond motifs is 1. The third-order valence-electron chi connectivity index (χ3n) is 5.87. The molecule has 1 unspecified atom stereocenters. The lowest BCUT2D eigenvalue weighted by molar-refractivity contribution is 0.355. The van der Waals surface area contributed by atoms with Gasteiger partial charge in [0.1, 0.15) is 0 Å². The van der Waals surface area contributed by atoms with E-state index in [2.05, 4.69) is 25.2 Å². The van der Waals surface area contributed by atoms with Crippen molar-refractivity contribution in [1.82, 2.24) is 25.3 Å². The largest absolute Gasteiger partial charge is 0.493 e. The SMILES string of the molecule is COc1ccc(-c2cnc3nc(N)nc(N4CCNCC4c4cc(Cl)cc(Cl)c4)c3n2)cc1OC. The first kappa shape index (κ1) is 23.3. The Balaban J connectivity index is 1.64. The summed E-state index contributed by atoms with van der Waals surface area (Å²) in [4.78, 5) is 20.5. The Kier molecular flexibility index (Phi) is 6.46. The second-order valence-corrected chi connectivity index (χ2v) is 8.89. The molecule has 1 aliphatic heterocycles. The Morgan fingerprint density at radius 3 is 2.51 bits per heavy atom. The lowest BCUT2D eigenvalue weighted by Gasteiger charge is -2.37. The zero-order valence-corrected chi connectivity index (χ0v) is 20.6. The van der Waals surface area contributed by atoms with Gasteiger partial charge in [-0.05, 0) is 42.0 Å². The molecule has 0 saturated carbocycles. The fourth-order valence-electron chi connectivity index (χ4n) is 4.27. The van der Waals surface area contributed by atoms with Crippen molar-refractivity contribution in [3.63, 3.8) is 0 Å². The molecule has 1 aliphatic rings. The predicted molar refractivity (Wildman–Crippen MR) is 137 cm³/mol. The summed E-state index contributed by atoms with van der Waals surface area (Å²) < 4.78 is 10.8. The molecule has 35 heavy (non-hydrogen) atoms. The maximum Gasteiger partial charge on any atom is 0.224 e. The zero-order valence-electron chi connectivity index (χ0n) is 19.1. The van der Waals surface area contributed by atoms with Crippen molar-refractivity contribution in [2.45, 2.75) is 6.04 Å². The van der Waals surface area contributed by atoms with Crippen molar-refractivity contribution in [3.8, 4) is 22.8 Å². The van der Waals surface area contributed by atoms with Gasteiger partial charge >= 0.3 is 0 Å². The maximum absolute atomic E-state index is 6.31. The van der Waals surface area contributed by atoms with Crippen LogP contribution in [0.1, 0.15) is 11.6 Å². The van der Waals surface area contributed by atoms with Gasteiger partial charge in [-0.2, -0.15) is 9.97 Å². The van der Waals surface area contributed by atoms with Gasteiger partial charge < -0.3 is 25.4 Å². The fraction of sp³-hybridized carbons (Fsp3) is 0.250. The second kappa shape index (κ2) is 9.69. The van der Waals surface area contributed by atoms with Crippen LogP contribution in [0.5, 0.6) is 11.5 Å². The molecule has 2 aromatic carbocycles. The minimum absolute atomic E-state index is 0.0935. The summed E-state index contributed by atoms with van der Waals surface area (Å²) in [6.45, 7) is 2.10. The molecule has 4 aromatic rings. The highest BCUT2D eigenvalue weighted by Gasteiger charge is 2.28. The van der Waals surface area contributed by atoms with Crippen molar-refractivity contribution in [2.75, 3.05) is 44.5 Å². The van der Waals surface area contributed by atoms with E-state index in [1.807, 2.05) is 30.3 Å². The molecule has 0 radical (unpaired) electrons. The standard InChI is InChI=1S/C24H23Cl2N7O2/c1-34-19-4-3-13(9-20(19)35-2)17-11-29-22-21(30-17)23(32-24(27)31-22)33-6-5-28-12-18(33)14-7-15(25)10-16(26)8-14/h3-4,7-11,18,28H,5-6,12H2,1-2H3,(H2,27,29,31,32). The highest BCUT2D eigenvalue weighted by atomic mass is 35.5. The lowest BCUT2D eigenvalue weighted by atomic mass is 10.0. The number of ether oxygens (including phenoxy) is 2. The van der Waals surface area contributed by atoms with Crippen LogP contribution < -0.4 is 25.4 Å². The number of nitrogens with two attached hydrogens (primary N) is 1. The van der Waals surface area contributed by atoms with Crippen LogP contribution in [0.2, 0.25) is 10.0 Å². The maximum atomic E-state index is 6.31. The number of benzene rings is 2. The molecular formula is C24H23Cl2N7O2. The molecule has 3 heterocycles. The number of nitrogen functional groups attached to an aromatic ring is 1. The molecule has 5 rings (SSSR count). The van der Waals surface area contributed by atoms with Gasteiger partial charge in [-0.3, -0.25) is 0 Å². The van der Waals surface area contributed by atoms with E-state index < -0.39 is 0 Å². The molecule has 1 atom stereocenters. The van der Waals surface area contributed by atoms with Gasteiger partial charge in [-0.25, -0.2) is 9.97 Å². The number of halogens is 2. The van der Waals surface area contributed by atoms with Crippen LogP contribution in [-0.2, 0) is 0 Å². The number of anilines is 2. The van der Waals surface area contributed by atoms with E-state index in [1.165, 1.54) is 0 Å². The van der Waals surface area contributed by atoms with Gasteiger partial charge in [0.25, 0.3) is 0 Å². The molecule has 3 N–H and O–H groups in total. The Labute approximate surface area is 212 Å². The van der Waals surface area contributed by atoms with Crippen LogP contribution in [0.15, 0.2) is 42.6 Å². The number of methoxy groups -OCH3 is 2. The third kappa shape index (κ3) is 4.62. The number of hydrogen-bond acceptors (Lipinski definition) is 9. The molecule has 2 aromatic heterocycles. The number of nitrogens with one attached hydrogen (secondary N) is 1. The third-order valence-corrected chi connectivity index (χ3v) is 6.31. The molecule has 11 heteroatoms. The van der Waals surface area contributed by atoms with Gasteiger partial charge in [-0.15, -0.1) is 0 Å². The van der Waals surface area contributed by atoms with Crippen molar-refractivity contribution in [2.24, 2.45) is 0 Å². The van der Waals surface area contributed by atoms with Crippen molar-refractivity contribution in [1.29, 1.82) is 0 Å². The van der Waals surface area contributed by atoms with Crippen LogP contribution in [-0.4, -0.2) is 53.8 Å². The lowest BCUT2D eigenvalue weighted by Crippen LogP contribution is -2.46. The summed E-state index contributed by atoms with van der Waals surface area (Å²) in [5, 5.41) is 4.57. The van der Waals surface area contributed by atoms with E-state index in [9.17, 15) is 0 Å². The normalized spacial score (nSPS) is 15.9. The Bertz CT molecular complexity index is 1380. The Hall–Kier alpha value is -3.40. The highest BCUT2D eigenvalue weighted by Crippen LogP contribution is 2.35. The van der Waals surface area contributed by atoms with E-state index in [0.717, 1.165) is 17.7 Å². The summed E-state index contributed by atoms with van der Waals surface area (Å²) >= 11 is 12.6. The predicted octanol–water partition coefficient (Wildman–Crippen LogP) is 4.14. The number of aromatic nitrogens is 4. The first-order chi connectivity index (χ1) is 17.0. The fourth-order valence-corrected chi connectivity index (χ4v) is 4.81. The first-order valence-electron chi connectivity index (χ1n) is 10.9. The van der Waals surface area contributed by atoms with Crippen LogP contribution in [0.25, 0.3) is 22.4 Å². The summed E-state index contributed by atoms with van der Waals surface area (Å²) in [5.41, 5.74) is 9.46. The van der Waals surface area contributed by atoms with Crippen molar-refractivity contribution >= 4 is 46.1 Å². The minimum atomic E-state index is -0.0935. The van der Waals surface area contributed by atoms with E-state index in [0.29, 0.717) is 57.3 Å². The molecule has 0 aliphatic carbocycles. The first-order valence-corrected chi connectivity index (χ1v) is 11.7. The summed E-state index contributed by atoms with van der Waals surface area (Å²) in [6, 6.07) is 11.0. The number of nitrogens with zero attached hydrogens (tertiary/aromatic N) is 5. The molecular weight excluding hydrogens is 489 g/mol. The zero-order chi connectivity index (χ0) is 24.5. The Morgan fingerprint density at radius 1 is 1.00 bits per heavy atom. The van der Waals surface area contributed by atoms with Gasteiger partial charge in [0.05, 0.1) is 32.2 Å². The van der Waals surface area contributed by atoms with Gasteiger partial charge in [0.15, 0.2) is 28.5 Å². The minimum Gasteiger partial charge on any atom is -0.493 e. The van der Waals surface area contributed by atoms with Gasteiger partial charge in [0, 0.05) is 35.2 Å². The van der Waals surface area contributed by atoms with Gasteiger partial charge in [0.2, 0.25) is 5.95 Å². The average molecular weight is 512 g/mol. The molecule has 0 amide bonds. The van der Waals surface area contributed by atoms with Crippen molar-refractivity contribution < 1.29 is 9.47 Å². The number of rotatable bonds is 5. The number of piperazine rings is 1. The highest BCUT2D eigenvalue weighted by molar-refractivity contribution is 6.34. The van der Waals surface area contributed by atoms with Crippen LogP contribution in [0.4, 0.5) is 11.8 Å². The molecule has 1 saturated heterocycles. The smallest absolute Gasteiger partial charge is 0.224 e. The van der Waals surface area contributed by atoms with E-state index in [4.69, 9.17) is 43.4 Å². The molecule has 9 nitrogen and oxygen atoms in total. The quantitative estimate of drug-likeness (QED) is 0.408. The van der Waals surface area contributed by atoms with E-state index in [1.54, 1.807) is 26.5 Å². The summed E-state index contributed by atoms with van der Waals surface area (Å²) in [6.07, 6.45) is 1.66. The van der Waals surface area contributed by atoms with Gasteiger partial charge in [-0.1, -0.05) is 23.2 Å². The molecule has 0 bridgehead atoms. The summed E-state index contributed by atoms with van der Waals surface area (Å²) in [5.74, 6) is 1.96. The Morgan fingerprint density at radius 2 is 1.77 bits per heavy atom. The molecule has 1 fully saturated rings. The van der Waals surface area contributed by atoms with E-state index >= 15 is 0 Å².